The molecular formula is C25H23F3N4O4. The number of carboxylic acid groups (broad SMARTS) is 1. The normalized spacial score (nSPS) is 16.5. The number of benzene rings is 1. The number of anilines is 2. The van der Waals surface area contributed by atoms with Gasteiger partial charge in [0.2, 0.25) is 0 Å². The highest BCUT2D eigenvalue weighted by atomic mass is 19.4. The van der Waals surface area contributed by atoms with Crippen LogP contribution in [0.4, 0.5) is 29.5 Å². The number of carboxylic acids is 1. The number of cyclic esters (lactones) is 1. The smallest absolute Gasteiger partial charge is 0.433 e. The molecule has 188 valence electrons. The van der Waals surface area contributed by atoms with Gasteiger partial charge in [-0.2, -0.15) is 13.2 Å². The van der Waals surface area contributed by atoms with Crippen molar-refractivity contribution in [3.8, 4) is 0 Å². The van der Waals surface area contributed by atoms with Crippen LogP contribution in [0.1, 0.15) is 46.0 Å². The first kappa shape index (κ1) is 25.0. The summed E-state index contributed by atoms with van der Waals surface area (Å²) >= 11 is 0. The lowest BCUT2D eigenvalue weighted by molar-refractivity contribution is -0.141. The third-order valence-electron chi connectivity index (χ3n) is 5.70. The van der Waals surface area contributed by atoms with Gasteiger partial charge in [0.05, 0.1) is 23.5 Å². The summed E-state index contributed by atoms with van der Waals surface area (Å²) in [6.07, 6.45) is -4.74. The van der Waals surface area contributed by atoms with Crippen molar-refractivity contribution in [3.63, 3.8) is 0 Å². The number of nitrogens with zero attached hydrogens (tertiary/aromatic N) is 3. The SMILES string of the molecule is Cc1cc(C(C)Nc2ccc(C(F)(F)F)nc2C(=O)O)nc(N2C(=O)OC[C@@H]2Cc2ccccc2)c1. The van der Waals surface area contributed by atoms with Gasteiger partial charge in [-0.15, -0.1) is 0 Å². The number of carbonyl (C=O) groups excluding carboxylic acids is 1. The largest absolute Gasteiger partial charge is 0.476 e. The van der Waals surface area contributed by atoms with E-state index >= 15 is 0 Å². The lowest BCUT2D eigenvalue weighted by atomic mass is 10.1. The number of hydrogen-bond donors (Lipinski definition) is 2. The molecule has 8 nitrogen and oxygen atoms in total. The lowest BCUT2D eigenvalue weighted by Crippen LogP contribution is -2.36. The average molecular weight is 500 g/mol. The zero-order valence-electron chi connectivity index (χ0n) is 19.4. The maximum Gasteiger partial charge on any atom is 0.433 e. The average Bonchev–Trinajstić information content (AvgIpc) is 3.18. The Morgan fingerprint density at radius 3 is 2.58 bits per heavy atom. The molecule has 2 aromatic heterocycles. The minimum atomic E-state index is -4.78. The Morgan fingerprint density at radius 2 is 1.92 bits per heavy atom. The van der Waals surface area contributed by atoms with Crippen LogP contribution in [0.15, 0.2) is 54.6 Å². The second-order valence-electron chi connectivity index (χ2n) is 8.48. The van der Waals surface area contributed by atoms with Gasteiger partial charge in [-0.3, -0.25) is 4.90 Å². The molecule has 0 radical (unpaired) electrons. The number of carbonyl (C=O) groups is 2. The van der Waals surface area contributed by atoms with E-state index in [4.69, 9.17) is 4.74 Å². The minimum Gasteiger partial charge on any atom is -0.476 e. The van der Waals surface area contributed by atoms with E-state index in [1.54, 1.807) is 19.1 Å². The molecule has 11 heteroatoms. The number of aromatic carboxylic acids is 1. The molecule has 0 spiro atoms. The van der Waals surface area contributed by atoms with Crippen molar-refractivity contribution in [1.29, 1.82) is 0 Å². The van der Waals surface area contributed by atoms with E-state index in [0.29, 0.717) is 24.0 Å². The van der Waals surface area contributed by atoms with E-state index in [9.17, 15) is 27.9 Å². The molecule has 36 heavy (non-hydrogen) atoms. The summed E-state index contributed by atoms with van der Waals surface area (Å²) < 4.78 is 44.3. The fourth-order valence-electron chi connectivity index (χ4n) is 4.00. The number of pyridine rings is 2. The minimum absolute atomic E-state index is 0.0876. The van der Waals surface area contributed by atoms with E-state index in [0.717, 1.165) is 17.2 Å². The highest BCUT2D eigenvalue weighted by Crippen LogP contribution is 2.31. The van der Waals surface area contributed by atoms with Crippen LogP contribution in [-0.4, -0.2) is 39.8 Å². The number of ether oxygens (including phenoxy) is 1. The van der Waals surface area contributed by atoms with Gasteiger partial charge in [0, 0.05) is 0 Å². The van der Waals surface area contributed by atoms with Crippen molar-refractivity contribution in [1.82, 2.24) is 9.97 Å². The summed E-state index contributed by atoms with van der Waals surface area (Å²) in [4.78, 5) is 33.5. The molecular weight excluding hydrogens is 477 g/mol. The molecule has 1 aliphatic heterocycles. The predicted molar refractivity (Wildman–Crippen MR) is 125 cm³/mol. The number of rotatable bonds is 7. The molecule has 1 unspecified atom stereocenters. The summed E-state index contributed by atoms with van der Waals surface area (Å²) in [7, 11) is 0. The lowest BCUT2D eigenvalue weighted by Gasteiger charge is -2.23. The highest BCUT2D eigenvalue weighted by molar-refractivity contribution is 5.92. The number of hydrogen-bond acceptors (Lipinski definition) is 6. The Labute approximate surface area is 204 Å². The second kappa shape index (κ2) is 9.84. The summed E-state index contributed by atoms with van der Waals surface area (Å²) in [6.45, 7) is 3.70. The maximum absolute atomic E-state index is 13.0. The Kier molecular flexibility index (Phi) is 6.82. The predicted octanol–water partition coefficient (Wildman–Crippen LogP) is 5.24. The van der Waals surface area contributed by atoms with Gasteiger partial charge < -0.3 is 15.2 Å². The van der Waals surface area contributed by atoms with Crippen molar-refractivity contribution in [2.24, 2.45) is 0 Å². The van der Waals surface area contributed by atoms with Gasteiger partial charge >= 0.3 is 18.2 Å². The Bertz CT molecular complexity index is 1280. The van der Waals surface area contributed by atoms with Crippen LogP contribution in [0.3, 0.4) is 0 Å². The van der Waals surface area contributed by atoms with Crippen LogP contribution in [0.5, 0.6) is 0 Å². The first-order valence-corrected chi connectivity index (χ1v) is 11.1. The van der Waals surface area contributed by atoms with Crippen molar-refractivity contribution in [2.45, 2.75) is 38.5 Å². The van der Waals surface area contributed by atoms with Crippen LogP contribution >= 0.6 is 0 Å². The van der Waals surface area contributed by atoms with Crippen LogP contribution in [0.25, 0.3) is 0 Å². The number of aromatic nitrogens is 2. The monoisotopic (exact) mass is 500 g/mol. The summed E-state index contributed by atoms with van der Waals surface area (Å²) in [5.41, 5.74) is 0.131. The zero-order chi connectivity index (χ0) is 26.0. The van der Waals surface area contributed by atoms with Crippen LogP contribution in [-0.2, 0) is 17.3 Å². The number of nitrogens with one attached hydrogen (secondary N) is 1. The van der Waals surface area contributed by atoms with Gasteiger partial charge in [-0.05, 0) is 55.7 Å². The Morgan fingerprint density at radius 1 is 1.19 bits per heavy atom. The molecule has 0 aliphatic carbocycles. The van der Waals surface area contributed by atoms with Crippen LogP contribution < -0.4 is 10.2 Å². The summed E-state index contributed by atoms with van der Waals surface area (Å²) in [6, 6.07) is 14.0. The molecule has 1 amide bonds. The van der Waals surface area contributed by atoms with Crippen LogP contribution in [0.2, 0.25) is 0 Å². The topological polar surface area (TPSA) is 105 Å². The number of aryl methyl sites for hydroxylation is 1. The van der Waals surface area contributed by atoms with Gasteiger partial charge in [0.1, 0.15) is 18.1 Å². The molecule has 3 heterocycles. The van der Waals surface area contributed by atoms with Gasteiger partial charge in [-0.25, -0.2) is 19.6 Å². The Balaban J connectivity index is 1.61. The summed E-state index contributed by atoms with van der Waals surface area (Å²) in [5.74, 6) is -1.23. The van der Waals surface area contributed by atoms with E-state index < -0.39 is 35.7 Å². The van der Waals surface area contributed by atoms with E-state index in [-0.39, 0.29) is 18.3 Å². The third kappa shape index (κ3) is 5.40. The van der Waals surface area contributed by atoms with Crippen molar-refractivity contribution in [2.75, 3.05) is 16.8 Å². The molecule has 1 fully saturated rings. The number of alkyl halides is 3. The Hall–Kier alpha value is -4.15. The molecule has 1 aliphatic rings. The van der Waals surface area contributed by atoms with E-state index in [1.807, 2.05) is 37.3 Å². The second-order valence-corrected chi connectivity index (χ2v) is 8.48. The standard InChI is InChI=1S/C25H23F3N4O4/c1-14-10-19(15(2)29-18-8-9-20(25(26,27)28)31-22(18)23(33)34)30-21(11-14)32-17(13-36-24(32)35)12-16-6-4-3-5-7-16/h3-11,15,17,29H,12-13H2,1-2H3,(H,33,34)/t15?,17-/m0/s1. The van der Waals surface area contributed by atoms with E-state index in [1.165, 1.54) is 4.90 Å². The fraction of sp³-hybridized carbons (Fsp3) is 0.280. The van der Waals surface area contributed by atoms with Gasteiger partial charge in [0.15, 0.2) is 5.69 Å². The fourth-order valence-corrected chi connectivity index (χ4v) is 4.00. The quantitative estimate of drug-likeness (QED) is 0.457. The molecule has 0 saturated carbocycles. The molecule has 0 bridgehead atoms. The summed E-state index contributed by atoms with van der Waals surface area (Å²) in [5, 5.41) is 12.3. The molecule has 1 saturated heterocycles. The zero-order valence-corrected chi connectivity index (χ0v) is 19.4. The van der Waals surface area contributed by atoms with Gasteiger partial charge in [0.25, 0.3) is 0 Å². The highest BCUT2D eigenvalue weighted by Gasteiger charge is 2.36. The van der Waals surface area contributed by atoms with E-state index in [2.05, 4.69) is 15.3 Å². The van der Waals surface area contributed by atoms with Gasteiger partial charge in [-0.1, -0.05) is 30.3 Å². The molecule has 4 rings (SSSR count). The molecule has 2 N–H and O–H groups in total. The first-order chi connectivity index (χ1) is 17.0. The molecule has 1 aromatic carbocycles. The molecule has 2 atom stereocenters. The third-order valence-corrected chi connectivity index (χ3v) is 5.70. The van der Waals surface area contributed by atoms with Crippen LogP contribution in [0, 0.1) is 6.92 Å². The van der Waals surface area contributed by atoms with Crippen molar-refractivity contribution < 1.29 is 32.6 Å². The maximum atomic E-state index is 13.0. The number of amides is 1. The van der Waals surface area contributed by atoms with Crippen molar-refractivity contribution >= 4 is 23.6 Å². The number of halogens is 3. The first-order valence-electron chi connectivity index (χ1n) is 11.1. The van der Waals surface area contributed by atoms with Crippen molar-refractivity contribution in [3.05, 3.63) is 82.8 Å². The molecule has 3 aromatic rings.